The van der Waals surface area contributed by atoms with Gasteiger partial charge in [0.15, 0.2) is 9.84 Å². The second-order valence-electron chi connectivity index (χ2n) is 4.35. The van der Waals surface area contributed by atoms with Crippen molar-refractivity contribution in [2.45, 2.75) is 4.90 Å². The smallest absolute Gasteiger partial charge is 0.254 e. The van der Waals surface area contributed by atoms with E-state index in [0.29, 0.717) is 13.1 Å². The number of anilines is 1. The highest BCUT2D eigenvalue weighted by atomic mass is 32.2. The quantitative estimate of drug-likeness (QED) is 0.636. The minimum Gasteiger partial charge on any atom is -0.399 e. The second kappa shape index (κ2) is 6.38. The molecule has 0 aliphatic rings. The molecule has 1 aromatic carbocycles. The molecule has 0 saturated heterocycles. The fraction of sp³-hybridized carbons (Fsp3) is 0.214. The molecule has 0 aliphatic heterocycles. The molecule has 0 saturated carbocycles. The number of hydrogen-bond acceptors (Lipinski definition) is 4. The topological polar surface area (TPSA) is 80.5 Å². The van der Waals surface area contributed by atoms with E-state index < -0.39 is 9.84 Å². The van der Waals surface area contributed by atoms with Crippen molar-refractivity contribution < 1.29 is 13.2 Å². The molecule has 0 fully saturated rings. The van der Waals surface area contributed by atoms with Gasteiger partial charge in [-0.2, -0.15) is 0 Å². The molecular formula is C14H18N2O3S. The van der Waals surface area contributed by atoms with Gasteiger partial charge in [0.1, 0.15) is 0 Å². The standard InChI is InChI=1S/C14H18N2O3S/c1-4-6-16(7-5-2)14(17)11-8-12(15)10-13(9-11)20(3,18)19/h4-5,8-10H,1-2,6-7,15H2,3H3. The molecule has 108 valence electrons. The normalized spacial score (nSPS) is 10.8. The number of carbonyl (C=O) groups is 1. The van der Waals surface area contributed by atoms with Gasteiger partial charge in [-0.3, -0.25) is 4.79 Å². The van der Waals surface area contributed by atoms with Crippen LogP contribution in [0.1, 0.15) is 10.4 Å². The van der Waals surface area contributed by atoms with Gasteiger partial charge in [-0.05, 0) is 18.2 Å². The maximum atomic E-state index is 12.3. The zero-order valence-corrected chi connectivity index (χ0v) is 12.2. The third-order valence-corrected chi connectivity index (χ3v) is 3.68. The van der Waals surface area contributed by atoms with Crippen LogP contribution in [0.15, 0.2) is 48.4 Å². The van der Waals surface area contributed by atoms with Crippen LogP contribution in [0.5, 0.6) is 0 Å². The Morgan fingerprint density at radius 3 is 2.25 bits per heavy atom. The Kier molecular flexibility index (Phi) is 5.10. The summed E-state index contributed by atoms with van der Waals surface area (Å²) in [4.78, 5) is 13.8. The molecule has 0 spiro atoms. The van der Waals surface area contributed by atoms with Crippen molar-refractivity contribution in [1.29, 1.82) is 0 Å². The van der Waals surface area contributed by atoms with Crippen molar-refractivity contribution >= 4 is 21.4 Å². The van der Waals surface area contributed by atoms with Crippen LogP contribution >= 0.6 is 0 Å². The van der Waals surface area contributed by atoms with Crippen molar-refractivity contribution in [2.24, 2.45) is 0 Å². The summed E-state index contributed by atoms with van der Waals surface area (Å²) in [6.07, 6.45) is 4.25. The summed E-state index contributed by atoms with van der Waals surface area (Å²) in [6, 6.07) is 4.11. The summed E-state index contributed by atoms with van der Waals surface area (Å²) >= 11 is 0. The summed E-state index contributed by atoms with van der Waals surface area (Å²) in [7, 11) is -3.42. The monoisotopic (exact) mass is 294 g/mol. The first-order valence-electron chi connectivity index (χ1n) is 5.91. The third kappa shape index (κ3) is 3.96. The van der Waals surface area contributed by atoms with Crippen LogP contribution in [0, 0.1) is 0 Å². The first-order chi connectivity index (χ1) is 9.29. The summed E-state index contributed by atoms with van der Waals surface area (Å²) in [5.41, 5.74) is 6.13. The van der Waals surface area contributed by atoms with E-state index >= 15 is 0 Å². The molecule has 0 radical (unpaired) electrons. The van der Waals surface area contributed by atoms with E-state index in [4.69, 9.17) is 5.73 Å². The van der Waals surface area contributed by atoms with Crippen LogP contribution in [0.25, 0.3) is 0 Å². The molecule has 0 aliphatic carbocycles. The summed E-state index contributed by atoms with van der Waals surface area (Å²) in [6.45, 7) is 7.85. The third-order valence-electron chi connectivity index (χ3n) is 2.59. The maximum absolute atomic E-state index is 12.3. The second-order valence-corrected chi connectivity index (χ2v) is 6.37. The number of nitrogens with zero attached hydrogens (tertiary/aromatic N) is 1. The van der Waals surface area contributed by atoms with Crippen molar-refractivity contribution in [3.63, 3.8) is 0 Å². The van der Waals surface area contributed by atoms with Crippen molar-refractivity contribution in [3.8, 4) is 0 Å². The minimum atomic E-state index is -3.42. The number of hydrogen-bond donors (Lipinski definition) is 1. The van der Waals surface area contributed by atoms with E-state index in [0.717, 1.165) is 6.26 Å². The predicted molar refractivity (Wildman–Crippen MR) is 80.3 cm³/mol. The van der Waals surface area contributed by atoms with E-state index in [-0.39, 0.29) is 22.1 Å². The highest BCUT2D eigenvalue weighted by Crippen LogP contribution is 2.18. The van der Waals surface area contributed by atoms with Crippen LogP contribution in [-0.4, -0.2) is 38.6 Å². The van der Waals surface area contributed by atoms with E-state index in [1.54, 1.807) is 12.2 Å². The van der Waals surface area contributed by atoms with Gasteiger partial charge in [0.05, 0.1) is 4.90 Å². The average Bonchev–Trinajstić information content (AvgIpc) is 2.36. The molecule has 1 aromatic rings. The van der Waals surface area contributed by atoms with Crippen molar-refractivity contribution in [1.82, 2.24) is 4.90 Å². The maximum Gasteiger partial charge on any atom is 0.254 e. The van der Waals surface area contributed by atoms with Gasteiger partial charge in [-0.1, -0.05) is 12.2 Å². The number of nitrogens with two attached hydrogens (primary N) is 1. The fourth-order valence-electron chi connectivity index (χ4n) is 1.69. The minimum absolute atomic E-state index is 0.0259. The number of rotatable bonds is 6. The largest absolute Gasteiger partial charge is 0.399 e. The van der Waals surface area contributed by atoms with Gasteiger partial charge >= 0.3 is 0 Å². The first-order valence-corrected chi connectivity index (χ1v) is 7.80. The lowest BCUT2D eigenvalue weighted by atomic mass is 10.1. The van der Waals surface area contributed by atoms with Crippen LogP contribution in [0.4, 0.5) is 5.69 Å². The predicted octanol–water partition coefficient (Wildman–Crippen LogP) is 1.49. The molecule has 0 heterocycles. The molecular weight excluding hydrogens is 276 g/mol. The van der Waals surface area contributed by atoms with Gasteiger partial charge in [0.25, 0.3) is 5.91 Å². The number of sulfone groups is 1. The zero-order valence-electron chi connectivity index (χ0n) is 11.4. The molecule has 20 heavy (non-hydrogen) atoms. The Balaban J connectivity index is 3.24. The van der Waals surface area contributed by atoms with Crippen LogP contribution in [-0.2, 0) is 9.84 Å². The zero-order chi connectivity index (χ0) is 15.3. The Labute approximate surface area is 119 Å². The molecule has 0 unspecified atom stereocenters. The molecule has 5 nitrogen and oxygen atoms in total. The SMILES string of the molecule is C=CCN(CC=C)C(=O)c1cc(N)cc(S(C)(=O)=O)c1. The highest BCUT2D eigenvalue weighted by Gasteiger charge is 2.17. The average molecular weight is 294 g/mol. The molecule has 0 aromatic heterocycles. The van der Waals surface area contributed by atoms with Crippen LogP contribution < -0.4 is 5.73 Å². The van der Waals surface area contributed by atoms with Gasteiger partial charge < -0.3 is 10.6 Å². The van der Waals surface area contributed by atoms with Crippen LogP contribution in [0.3, 0.4) is 0 Å². The Hall–Kier alpha value is -2.08. The van der Waals surface area contributed by atoms with Gasteiger partial charge in [0, 0.05) is 30.6 Å². The summed E-state index contributed by atoms with van der Waals surface area (Å²) < 4.78 is 23.1. The summed E-state index contributed by atoms with van der Waals surface area (Å²) in [5, 5.41) is 0. The van der Waals surface area contributed by atoms with E-state index in [9.17, 15) is 13.2 Å². The molecule has 0 bridgehead atoms. The lowest BCUT2D eigenvalue weighted by Crippen LogP contribution is -2.31. The first kappa shape index (κ1) is 16.0. The molecule has 0 atom stereocenters. The number of nitrogen functional groups attached to an aromatic ring is 1. The molecule has 2 N–H and O–H groups in total. The molecule has 1 amide bonds. The van der Waals surface area contributed by atoms with Gasteiger partial charge in [-0.25, -0.2) is 8.42 Å². The van der Waals surface area contributed by atoms with Crippen molar-refractivity contribution in [2.75, 3.05) is 25.1 Å². The fourth-order valence-corrected chi connectivity index (χ4v) is 2.39. The molecule has 6 heteroatoms. The Morgan fingerprint density at radius 1 is 1.25 bits per heavy atom. The number of carbonyl (C=O) groups excluding carboxylic acids is 1. The Morgan fingerprint density at radius 2 is 1.80 bits per heavy atom. The number of amides is 1. The van der Waals surface area contributed by atoms with Crippen LogP contribution in [0.2, 0.25) is 0 Å². The molecule has 1 rings (SSSR count). The lowest BCUT2D eigenvalue weighted by molar-refractivity contribution is 0.0790. The summed E-state index contributed by atoms with van der Waals surface area (Å²) in [5.74, 6) is -0.318. The van der Waals surface area contributed by atoms with Gasteiger partial charge in [-0.15, -0.1) is 13.2 Å². The highest BCUT2D eigenvalue weighted by molar-refractivity contribution is 7.90. The Bertz CT molecular complexity index is 626. The number of benzene rings is 1. The van der Waals surface area contributed by atoms with Crippen molar-refractivity contribution in [3.05, 3.63) is 49.1 Å². The van der Waals surface area contributed by atoms with Gasteiger partial charge in [0.2, 0.25) is 0 Å². The van der Waals surface area contributed by atoms with E-state index in [2.05, 4.69) is 13.2 Å². The van der Waals surface area contributed by atoms with E-state index in [1.807, 2.05) is 0 Å². The van der Waals surface area contributed by atoms with E-state index in [1.165, 1.54) is 23.1 Å². The lowest BCUT2D eigenvalue weighted by Gasteiger charge is -2.19.